The fourth-order valence-corrected chi connectivity index (χ4v) is 3.67. The lowest BCUT2D eigenvalue weighted by Crippen LogP contribution is -2.01. The van der Waals surface area contributed by atoms with E-state index in [1.807, 2.05) is 54.6 Å². The first-order valence-electron chi connectivity index (χ1n) is 4.73. The van der Waals surface area contributed by atoms with Crippen molar-refractivity contribution in [3.63, 3.8) is 0 Å². The zero-order chi connectivity index (χ0) is 11.6. The summed E-state index contributed by atoms with van der Waals surface area (Å²) in [5.41, 5.74) is 2.12. The van der Waals surface area contributed by atoms with Gasteiger partial charge in [-0.3, -0.25) is 0 Å². The molecule has 0 atom stereocenters. The molecule has 0 fully saturated rings. The van der Waals surface area contributed by atoms with Crippen LogP contribution < -0.4 is 5.30 Å². The van der Waals surface area contributed by atoms with E-state index in [2.05, 4.69) is 0 Å². The van der Waals surface area contributed by atoms with Crippen LogP contribution in [0.4, 0.5) is 0 Å². The first kappa shape index (κ1) is 12.1. The summed E-state index contributed by atoms with van der Waals surface area (Å²) < 4.78 is -2.44. The van der Waals surface area contributed by atoms with Gasteiger partial charge in [0.1, 0.15) is 4.74 Å². The molecule has 82 valence electrons. The van der Waals surface area contributed by atoms with E-state index in [0.717, 1.165) is 16.4 Å². The Morgan fingerprint density at radius 2 is 1.38 bits per heavy atom. The molecule has 2 aromatic rings. The number of halogens is 2. The van der Waals surface area contributed by atoms with E-state index in [-0.39, 0.29) is 0 Å². The van der Waals surface area contributed by atoms with Crippen molar-refractivity contribution in [1.82, 2.24) is 0 Å². The van der Waals surface area contributed by atoms with Crippen LogP contribution in [-0.2, 0) is 11.8 Å². The summed E-state index contributed by atoms with van der Waals surface area (Å²) in [6, 6.07) is 17.8. The van der Waals surface area contributed by atoms with Gasteiger partial charge in [0, 0.05) is 5.30 Å². The molecule has 0 N–H and O–H groups in total. The van der Waals surface area contributed by atoms with Crippen molar-refractivity contribution in [3.8, 4) is 11.1 Å². The van der Waals surface area contributed by atoms with E-state index in [4.69, 9.17) is 34.3 Å². The lowest BCUT2D eigenvalue weighted by atomic mass is 10.1. The second-order valence-electron chi connectivity index (χ2n) is 3.35. The van der Waals surface area contributed by atoms with Gasteiger partial charge in [-0.05, 0) is 11.1 Å². The van der Waals surface area contributed by atoms with E-state index >= 15 is 0 Å². The second-order valence-corrected chi connectivity index (χ2v) is 11.2. The van der Waals surface area contributed by atoms with E-state index in [1.165, 1.54) is 0 Å². The van der Waals surface area contributed by atoms with E-state index < -0.39 is 4.74 Å². The monoisotopic (exact) mass is 286 g/mol. The topological polar surface area (TPSA) is 0 Å². The molecule has 0 spiro atoms. The highest BCUT2D eigenvalue weighted by molar-refractivity contribution is 8.42. The molecule has 0 aromatic heterocycles. The first-order valence-corrected chi connectivity index (χ1v) is 9.34. The Balaban J connectivity index is 2.63. The summed E-state index contributed by atoms with van der Waals surface area (Å²) in [5.74, 6) is 0. The summed E-state index contributed by atoms with van der Waals surface area (Å²) in [4.78, 5) is 0. The number of benzene rings is 2. The van der Waals surface area contributed by atoms with Gasteiger partial charge in [0.2, 0.25) is 0 Å². The van der Waals surface area contributed by atoms with Crippen molar-refractivity contribution < 1.29 is 0 Å². The van der Waals surface area contributed by atoms with Crippen molar-refractivity contribution in [2.75, 3.05) is 0 Å². The average Bonchev–Trinajstić information content (AvgIpc) is 2.29. The number of hydrogen-bond donors (Lipinski definition) is 0. The second kappa shape index (κ2) is 4.89. The van der Waals surface area contributed by atoms with Crippen molar-refractivity contribution >= 4 is 44.3 Å². The van der Waals surface area contributed by atoms with Crippen molar-refractivity contribution in [3.05, 3.63) is 54.6 Å². The molecule has 0 aliphatic carbocycles. The molecule has 0 amide bonds. The van der Waals surface area contributed by atoms with Crippen LogP contribution in [0.2, 0.25) is 0 Å². The first-order chi connectivity index (χ1) is 7.59. The summed E-state index contributed by atoms with van der Waals surface area (Å²) in [7, 11) is 0. The maximum Gasteiger partial charge on any atom is 0.147 e. The van der Waals surface area contributed by atoms with Gasteiger partial charge in [-0.1, -0.05) is 88.9 Å². The third-order valence-corrected chi connectivity index (χ3v) is 4.90. The highest BCUT2D eigenvalue weighted by Crippen LogP contribution is 2.57. The van der Waals surface area contributed by atoms with Gasteiger partial charge in [0.15, 0.2) is 0 Å². The molecule has 2 rings (SSSR count). The normalized spacial score (nSPS) is 11.4. The summed E-state index contributed by atoms with van der Waals surface area (Å²) in [6.07, 6.45) is 0. The standard InChI is InChI=1S/C12H9Cl2PS/c13-15(14,16)12-9-5-4-8-11(12)10-6-2-1-3-7-10/h1-9H. The lowest BCUT2D eigenvalue weighted by molar-refractivity contribution is 1.65. The molecule has 0 aliphatic heterocycles. The van der Waals surface area contributed by atoms with Crippen molar-refractivity contribution in [2.24, 2.45) is 0 Å². The third kappa shape index (κ3) is 2.67. The van der Waals surface area contributed by atoms with Gasteiger partial charge < -0.3 is 0 Å². The van der Waals surface area contributed by atoms with Crippen LogP contribution in [0.3, 0.4) is 0 Å². The molecule has 0 unspecified atom stereocenters. The maximum atomic E-state index is 6.10. The molecule has 0 saturated carbocycles. The summed E-state index contributed by atoms with van der Waals surface area (Å²) in [6.45, 7) is 0. The van der Waals surface area contributed by atoms with Gasteiger partial charge in [-0.15, -0.1) is 0 Å². The van der Waals surface area contributed by atoms with Crippen LogP contribution in [-0.4, -0.2) is 0 Å². The zero-order valence-corrected chi connectivity index (χ0v) is 11.5. The Morgan fingerprint density at radius 1 is 0.812 bits per heavy atom. The summed E-state index contributed by atoms with van der Waals surface area (Å²) >= 11 is 17.4. The van der Waals surface area contributed by atoms with Crippen LogP contribution in [0.15, 0.2) is 54.6 Å². The minimum absolute atomic E-state index is 0.861. The molecular weight excluding hydrogens is 278 g/mol. The van der Waals surface area contributed by atoms with Crippen LogP contribution in [0, 0.1) is 0 Å². The summed E-state index contributed by atoms with van der Waals surface area (Å²) in [5, 5.41) is 0.861. The maximum absolute atomic E-state index is 6.10. The molecule has 4 heteroatoms. The lowest BCUT2D eigenvalue weighted by Gasteiger charge is -2.12. The van der Waals surface area contributed by atoms with Crippen LogP contribution in [0.25, 0.3) is 11.1 Å². The van der Waals surface area contributed by atoms with Crippen LogP contribution in [0.5, 0.6) is 0 Å². The Bertz CT molecular complexity index is 534. The Kier molecular flexibility index (Phi) is 3.71. The fraction of sp³-hybridized carbons (Fsp3) is 0. The van der Waals surface area contributed by atoms with E-state index in [1.54, 1.807) is 0 Å². The van der Waals surface area contributed by atoms with E-state index in [0.29, 0.717) is 0 Å². The van der Waals surface area contributed by atoms with Crippen molar-refractivity contribution in [2.45, 2.75) is 0 Å². The predicted molar refractivity (Wildman–Crippen MR) is 77.5 cm³/mol. The minimum Gasteiger partial charge on any atom is -0.0632 e. The molecule has 0 nitrogen and oxygen atoms in total. The molecule has 0 heterocycles. The van der Waals surface area contributed by atoms with Gasteiger partial charge in [0.05, 0.1) is 0 Å². The smallest absolute Gasteiger partial charge is 0.0632 e. The van der Waals surface area contributed by atoms with Gasteiger partial charge >= 0.3 is 0 Å². The minimum atomic E-state index is -2.44. The Labute approximate surface area is 110 Å². The number of rotatable bonds is 2. The highest BCUT2D eigenvalue weighted by Gasteiger charge is 2.16. The molecule has 0 saturated heterocycles. The Hall–Kier alpha value is -0.330. The van der Waals surface area contributed by atoms with Gasteiger partial charge in [0.25, 0.3) is 0 Å². The molecule has 0 bridgehead atoms. The average molecular weight is 287 g/mol. The predicted octanol–water partition coefficient (Wildman–Crippen LogP) is 4.77. The van der Waals surface area contributed by atoms with Gasteiger partial charge in [-0.25, -0.2) is 0 Å². The fourth-order valence-electron chi connectivity index (χ4n) is 1.56. The largest absolute Gasteiger partial charge is 0.147 e. The molecule has 2 aromatic carbocycles. The van der Waals surface area contributed by atoms with Crippen LogP contribution in [0.1, 0.15) is 0 Å². The number of hydrogen-bond acceptors (Lipinski definition) is 1. The van der Waals surface area contributed by atoms with Gasteiger partial charge in [-0.2, -0.15) is 0 Å². The highest BCUT2D eigenvalue weighted by atomic mass is 35.9. The third-order valence-electron chi connectivity index (χ3n) is 2.27. The Morgan fingerprint density at radius 3 is 2.00 bits per heavy atom. The molecule has 16 heavy (non-hydrogen) atoms. The quantitative estimate of drug-likeness (QED) is 0.717. The van der Waals surface area contributed by atoms with E-state index in [9.17, 15) is 0 Å². The SMILES string of the molecule is S=P(Cl)(Cl)c1ccccc1-c1ccccc1. The molecule has 0 radical (unpaired) electrons. The molecule has 0 aliphatic rings. The van der Waals surface area contributed by atoms with Crippen molar-refractivity contribution in [1.29, 1.82) is 0 Å². The zero-order valence-electron chi connectivity index (χ0n) is 8.31. The molecular formula is C12H9Cl2PS. The van der Waals surface area contributed by atoms with Crippen LogP contribution >= 0.6 is 27.2 Å².